The zero-order valence-corrected chi connectivity index (χ0v) is 18.4. The van der Waals surface area contributed by atoms with E-state index in [1.165, 1.54) is 16.7 Å². The van der Waals surface area contributed by atoms with Gasteiger partial charge in [-0.2, -0.15) is 5.10 Å². The minimum atomic E-state index is 0.631. The molecule has 0 aliphatic carbocycles. The summed E-state index contributed by atoms with van der Waals surface area (Å²) in [6, 6.07) is 19.0. The average Bonchev–Trinajstić information content (AvgIpc) is 3.53. The number of nitrogens with zero attached hydrogens (tertiary/aromatic N) is 5. The number of nitrogens with one attached hydrogen (secondary N) is 2. The molecule has 4 rings (SSSR count). The monoisotopic (exact) mass is 427 g/mol. The van der Waals surface area contributed by atoms with Crippen molar-refractivity contribution >= 4 is 5.96 Å². The van der Waals surface area contributed by atoms with Gasteiger partial charge in [0.2, 0.25) is 0 Å². The number of aromatic nitrogens is 4. The van der Waals surface area contributed by atoms with E-state index in [2.05, 4.69) is 80.7 Å². The normalized spacial score (nSPS) is 11.5. The summed E-state index contributed by atoms with van der Waals surface area (Å²) < 4.78 is 3.93. The lowest BCUT2D eigenvalue weighted by molar-refractivity contribution is 0.791. The minimum absolute atomic E-state index is 0.631. The summed E-state index contributed by atoms with van der Waals surface area (Å²) in [6.07, 6.45) is 10.3. The Bertz CT molecular complexity index is 1100. The molecule has 164 valence electrons. The SMILES string of the molecule is CCNC(=NCc1cccc(Cn2ccnc2)c1)NCCc1ccc(-n2cccn2)cc1. The van der Waals surface area contributed by atoms with Crippen molar-refractivity contribution in [2.24, 2.45) is 4.99 Å². The van der Waals surface area contributed by atoms with Crippen LogP contribution < -0.4 is 10.6 Å². The summed E-state index contributed by atoms with van der Waals surface area (Å²) in [4.78, 5) is 8.87. The molecule has 2 aromatic heterocycles. The highest BCUT2D eigenvalue weighted by Crippen LogP contribution is 2.10. The molecule has 0 unspecified atom stereocenters. The second-order valence-corrected chi connectivity index (χ2v) is 7.54. The van der Waals surface area contributed by atoms with Gasteiger partial charge >= 0.3 is 0 Å². The van der Waals surface area contributed by atoms with E-state index >= 15 is 0 Å². The Morgan fingerprint density at radius 3 is 2.56 bits per heavy atom. The van der Waals surface area contributed by atoms with Gasteiger partial charge in [-0.25, -0.2) is 14.7 Å². The Labute approximate surface area is 188 Å². The molecule has 0 radical (unpaired) electrons. The first-order valence-electron chi connectivity index (χ1n) is 10.9. The van der Waals surface area contributed by atoms with Crippen LogP contribution in [-0.2, 0) is 19.5 Å². The lowest BCUT2D eigenvalue weighted by Crippen LogP contribution is -2.38. The van der Waals surface area contributed by atoms with E-state index in [1.807, 2.05) is 29.5 Å². The van der Waals surface area contributed by atoms with E-state index in [0.717, 1.165) is 37.7 Å². The van der Waals surface area contributed by atoms with Crippen molar-refractivity contribution in [3.8, 4) is 5.69 Å². The maximum Gasteiger partial charge on any atom is 0.191 e. The molecule has 0 aliphatic heterocycles. The van der Waals surface area contributed by atoms with E-state index in [-0.39, 0.29) is 0 Å². The van der Waals surface area contributed by atoms with Gasteiger partial charge in [0.05, 0.1) is 18.6 Å². The summed E-state index contributed by atoms with van der Waals surface area (Å²) in [5, 5.41) is 11.0. The number of guanidine groups is 1. The molecule has 0 atom stereocenters. The zero-order chi connectivity index (χ0) is 22.0. The first kappa shape index (κ1) is 21.4. The molecule has 0 bridgehead atoms. The largest absolute Gasteiger partial charge is 0.357 e. The summed E-state index contributed by atoms with van der Waals surface area (Å²) in [7, 11) is 0. The van der Waals surface area contributed by atoms with Crippen molar-refractivity contribution < 1.29 is 0 Å². The van der Waals surface area contributed by atoms with Gasteiger partial charge in [-0.1, -0.05) is 36.4 Å². The average molecular weight is 428 g/mol. The fourth-order valence-electron chi connectivity index (χ4n) is 3.49. The highest BCUT2D eigenvalue weighted by Gasteiger charge is 2.02. The van der Waals surface area contributed by atoms with E-state index in [0.29, 0.717) is 6.54 Å². The summed E-state index contributed by atoms with van der Waals surface area (Å²) in [5.41, 5.74) is 4.77. The van der Waals surface area contributed by atoms with Crippen molar-refractivity contribution in [2.45, 2.75) is 26.4 Å². The van der Waals surface area contributed by atoms with Crippen LogP contribution in [-0.4, -0.2) is 38.4 Å². The van der Waals surface area contributed by atoms with Crippen molar-refractivity contribution in [3.63, 3.8) is 0 Å². The third-order valence-corrected chi connectivity index (χ3v) is 5.09. The Balaban J connectivity index is 1.30. The highest BCUT2D eigenvalue weighted by atomic mass is 15.3. The van der Waals surface area contributed by atoms with E-state index in [1.54, 1.807) is 12.4 Å². The van der Waals surface area contributed by atoms with Gasteiger partial charge < -0.3 is 15.2 Å². The van der Waals surface area contributed by atoms with Gasteiger partial charge in [-0.15, -0.1) is 0 Å². The smallest absolute Gasteiger partial charge is 0.191 e. The van der Waals surface area contributed by atoms with Crippen LogP contribution in [0.1, 0.15) is 23.6 Å². The fraction of sp³-hybridized carbons (Fsp3) is 0.240. The van der Waals surface area contributed by atoms with Crippen LogP contribution in [0.3, 0.4) is 0 Å². The van der Waals surface area contributed by atoms with E-state index in [4.69, 9.17) is 4.99 Å². The van der Waals surface area contributed by atoms with Gasteiger partial charge in [0.25, 0.3) is 0 Å². The maximum absolute atomic E-state index is 4.76. The standard InChI is InChI=1S/C25H29N7/c1-2-27-25(28-13-11-21-7-9-24(10-8-21)32-15-4-12-30-32)29-18-22-5-3-6-23(17-22)19-31-16-14-26-20-31/h3-10,12,14-17,20H,2,11,13,18-19H2,1H3,(H2,27,28,29). The van der Waals surface area contributed by atoms with Crippen LogP contribution in [0.2, 0.25) is 0 Å². The Morgan fingerprint density at radius 1 is 0.938 bits per heavy atom. The van der Waals surface area contributed by atoms with Gasteiger partial charge in [-0.3, -0.25) is 0 Å². The summed E-state index contributed by atoms with van der Waals surface area (Å²) in [6.45, 7) is 5.16. The topological polar surface area (TPSA) is 72.1 Å². The minimum Gasteiger partial charge on any atom is -0.357 e. The number of imidazole rings is 1. The summed E-state index contributed by atoms with van der Waals surface area (Å²) in [5.74, 6) is 0.834. The van der Waals surface area contributed by atoms with Crippen molar-refractivity contribution in [1.82, 2.24) is 30.0 Å². The van der Waals surface area contributed by atoms with Crippen molar-refractivity contribution in [3.05, 3.63) is 102 Å². The number of rotatable bonds is 9. The molecule has 0 aliphatic rings. The van der Waals surface area contributed by atoms with Crippen LogP contribution in [0.15, 0.2) is 90.7 Å². The second-order valence-electron chi connectivity index (χ2n) is 7.54. The number of benzene rings is 2. The molecule has 2 N–H and O–H groups in total. The molecule has 0 saturated heterocycles. The molecule has 4 aromatic rings. The zero-order valence-electron chi connectivity index (χ0n) is 18.4. The van der Waals surface area contributed by atoms with E-state index < -0.39 is 0 Å². The number of aliphatic imine (C=N–C) groups is 1. The predicted octanol–water partition coefficient (Wildman–Crippen LogP) is 3.41. The first-order valence-corrected chi connectivity index (χ1v) is 10.9. The third kappa shape index (κ3) is 6.07. The molecule has 0 amide bonds. The Hall–Kier alpha value is -3.87. The second kappa shape index (κ2) is 10.9. The molecule has 7 heteroatoms. The molecule has 7 nitrogen and oxygen atoms in total. The quantitative estimate of drug-likeness (QED) is 0.317. The van der Waals surface area contributed by atoms with Crippen molar-refractivity contribution in [2.75, 3.05) is 13.1 Å². The van der Waals surface area contributed by atoms with Crippen molar-refractivity contribution in [1.29, 1.82) is 0 Å². The fourth-order valence-corrected chi connectivity index (χ4v) is 3.49. The molecular formula is C25H29N7. The van der Waals surface area contributed by atoms with Crippen LogP contribution in [0.25, 0.3) is 5.69 Å². The van der Waals surface area contributed by atoms with Crippen LogP contribution in [0.4, 0.5) is 0 Å². The predicted molar refractivity (Wildman–Crippen MR) is 128 cm³/mol. The Kier molecular flexibility index (Phi) is 7.31. The lowest BCUT2D eigenvalue weighted by Gasteiger charge is -2.12. The molecular weight excluding hydrogens is 398 g/mol. The van der Waals surface area contributed by atoms with Gasteiger partial charge in [0.1, 0.15) is 0 Å². The molecule has 2 heterocycles. The van der Waals surface area contributed by atoms with Crippen LogP contribution in [0, 0.1) is 0 Å². The third-order valence-electron chi connectivity index (χ3n) is 5.09. The molecule has 0 spiro atoms. The first-order chi connectivity index (χ1) is 15.8. The van der Waals surface area contributed by atoms with Gasteiger partial charge in [0.15, 0.2) is 5.96 Å². The highest BCUT2D eigenvalue weighted by molar-refractivity contribution is 5.79. The molecule has 32 heavy (non-hydrogen) atoms. The van der Waals surface area contributed by atoms with Gasteiger partial charge in [-0.05, 0) is 48.2 Å². The molecule has 0 fully saturated rings. The maximum atomic E-state index is 4.76. The molecule has 0 saturated carbocycles. The number of hydrogen-bond donors (Lipinski definition) is 2. The Morgan fingerprint density at radius 2 is 1.81 bits per heavy atom. The number of hydrogen-bond acceptors (Lipinski definition) is 3. The van der Waals surface area contributed by atoms with Crippen LogP contribution >= 0.6 is 0 Å². The molecule has 2 aromatic carbocycles. The van der Waals surface area contributed by atoms with Crippen LogP contribution in [0.5, 0.6) is 0 Å². The summed E-state index contributed by atoms with van der Waals surface area (Å²) >= 11 is 0. The van der Waals surface area contributed by atoms with Gasteiger partial charge in [0, 0.05) is 44.4 Å². The lowest BCUT2D eigenvalue weighted by atomic mass is 10.1. The van der Waals surface area contributed by atoms with E-state index in [9.17, 15) is 0 Å².